The minimum atomic E-state index is -1.58. The van der Waals surface area contributed by atoms with E-state index in [0.717, 1.165) is 6.20 Å². The Labute approximate surface area is 131 Å². The highest BCUT2D eigenvalue weighted by Crippen LogP contribution is 2.38. The molecule has 3 unspecified atom stereocenters. The third-order valence-electron chi connectivity index (χ3n) is 3.54. The van der Waals surface area contributed by atoms with Crippen LogP contribution in [0.25, 0.3) is 0 Å². The van der Waals surface area contributed by atoms with E-state index in [9.17, 15) is 18.4 Å². The Bertz CT molecular complexity index is 664. The summed E-state index contributed by atoms with van der Waals surface area (Å²) in [5.41, 5.74) is 3.16. The fraction of sp³-hybridized carbons (Fsp3) is 0.643. The van der Waals surface area contributed by atoms with E-state index in [2.05, 4.69) is 4.98 Å². The zero-order valence-electron chi connectivity index (χ0n) is 13.1. The van der Waals surface area contributed by atoms with E-state index in [-0.39, 0.29) is 18.9 Å². The molecule has 23 heavy (non-hydrogen) atoms. The van der Waals surface area contributed by atoms with Gasteiger partial charge in [0.15, 0.2) is 17.9 Å². The predicted octanol–water partition coefficient (Wildman–Crippen LogP) is 1.18. The van der Waals surface area contributed by atoms with Gasteiger partial charge in [0.25, 0.3) is 0 Å². The van der Waals surface area contributed by atoms with E-state index in [0.29, 0.717) is 4.57 Å². The summed E-state index contributed by atoms with van der Waals surface area (Å²) in [6, 6.07) is 0. The standard InChI is InChI=1S/C14H19F2N3O4/c1-7(2)12(20)22-6-14(3)4-8(15)11(23-14)19-5-9(16)10(17)18-13(19)21/h5,7-8,11H,4,6H2,1-3H3,(H2,17,18,21). The van der Waals surface area contributed by atoms with Crippen molar-refractivity contribution in [2.24, 2.45) is 5.92 Å². The Hall–Kier alpha value is -2.03. The second kappa shape index (κ2) is 6.23. The van der Waals surface area contributed by atoms with Gasteiger partial charge in [-0.3, -0.25) is 9.36 Å². The lowest BCUT2D eigenvalue weighted by atomic mass is 10.0. The Morgan fingerprint density at radius 2 is 2.30 bits per heavy atom. The molecule has 2 rings (SSSR count). The molecule has 1 saturated heterocycles. The van der Waals surface area contributed by atoms with Crippen molar-refractivity contribution in [1.82, 2.24) is 9.55 Å². The van der Waals surface area contributed by atoms with E-state index in [1.807, 2.05) is 0 Å². The number of carbonyl (C=O) groups is 1. The Balaban J connectivity index is 2.16. The maximum Gasteiger partial charge on any atom is 0.351 e. The van der Waals surface area contributed by atoms with Crippen LogP contribution in [0, 0.1) is 11.7 Å². The smallest absolute Gasteiger partial charge is 0.351 e. The average Bonchev–Trinajstić information content (AvgIpc) is 2.76. The number of rotatable bonds is 4. The second-order valence-corrected chi connectivity index (χ2v) is 6.10. The van der Waals surface area contributed by atoms with E-state index in [4.69, 9.17) is 15.2 Å². The van der Waals surface area contributed by atoms with Crippen LogP contribution < -0.4 is 11.4 Å². The number of ether oxygens (including phenoxy) is 2. The van der Waals surface area contributed by atoms with Crippen LogP contribution in [-0.2, 0) is 14.3 Å². The van der Waals surface area contributed by atoms with Gasteiger partial charge in [-0.2, -0.15) is 4.98 Å². The first-order valence-corrected chi connectivity index (χ1v) is 7.15. The highest BCUT2D eigenvalue weighted by Gasteiger charge is 2.46. The van der Waals surface area contributed by atoms with Crippen LogP contribution >= 0.6 is 0 Å². The van der Waals surface area contributed by atoms with Crippen LogP contribution in [0.15, 0.2) is 11.0 Å². The highest BCUT2D eigenvalue weighted by molar-refractivity contribution is 5.71. The van der Waals surface area contributed by atoms with Gasteiger partial charge in [0.05, 0.1) is 12.1 Å². The lowest BCUT2D eigenvalue weighted by molar-refractivity contribution is -0.160. The summed E-state index contributed by atoms with van der Waals surface area (Å²) in [5.74, 6) is -2.27. The molecule has 1 aromatic rings. The lowest BCUT2D eigenvalue weighted by Gasteiger charge is -2.24. The largest absolute Gasteiger partial charge is 0.462 e. The third kappa shape index (κ3) is 3.66. The molecule has 7 nitrogen and oxygen atoms in total. The number of alkyl halides is 1. The Morgan fingerprint density at radius 3 is 2.91 bits per heavy atom. The fourth-order valence-electron chi connectivity index (χ4n) is 2.28. The van der Waals surface area contributed by atoms with Crippen LogP contribution in [0.4, 0.5) is 14.6 Å². The molecule has 0 saturated carbocycles. The van der Waals surface area contributed by atoms with Gasteiger partial charge in [-0.05, 0) is 6.92 Å². The third-order valence-corrected chi connectivity index (χ3v) is 3.54. The molecule has 9 heteroatoms. The number of halogens is 2. The predicted molar refractivity (Wildman–Crippen MR) is 76.7 cm³/mol. The Morgan fingerprint density at radius 1 is 1.65 bits per heavy atom. The highest BCUT2D eigenvalue weighted by atomic mass is 19.1. The van der Waals surface area contributed by atoms with E-state index in [1.165, 1.54) is 0 Å². The van der Waals surface area contributed by atoms with Gasteiger partial charge in [-0.25, -0.2) is 13.6 Å². The minimum Gasteiger partial charge on any atom is -0.462 e. The number of hydrogen-bond donors (Lipinski definition) is 1. The molecule has 0 amide bonds. The summed E-state index contributed by atoms with van der Waals surface area (Å²) in [4.78, 5) is 26.6. The van der Waals surface area contributed by atoms with E-state index in [1.54, 1.807) is 20.8 Å². The molecular weight excluding hydrogens is 312 g/mol. The summed E-state index contributed by atoms with van der Waals surface area (Å²) < 4.78 is 39.0. The van der Waals surface area contributed by atoms with Gasteiger partial charge in [-0.15, -0.1) is 0 Å². The summed E-state index contributed by atoms with van der Waals surface area (Å²) in [7, 11) is 0. The molecular formula is C14H19F2N3O4. The second-order valence-electron chi connectivity index (χ2n) is 6.10. The van der Waals surface area contributed by atoms with Gasteiger partial charge in [-0.1, -0.05) is 13.8 Å². The van der Waals surface area contributed by atoms with Gasteiger partial charge in [0, 0.05) is 6.42 Å². The van der Waals surface area contributed by atoms with Crippen LogP contribution in [-0.4, -0.2) is 33.9 Å². The van der Waals surface area contributed by atoms with Crippen molar-refractivity contribution in [3.8, 4) is 0 Å². The summed E-state index contributed by atoms with van der Waals surface area (Å²) >= 11 is 0. The molecule has 1 aliphatic heterocycles. The van der Waals surface area contributed by atoms with Gasteiger partial charge in [0.1, 0.15) is 18.4 Å². The van der Waals surface area contributed by atoms with Crippen molar-refractivity contribution >= 4 is 11.8 Å². The number of hydrogen-bond acceptors (Lipinski definition) is 6. The number of nitrogens with two attached hydrogens (primary N) is 1. The molecule has 2 N–H and O–H groups in total. The molecule has 0 radical (unpaired) electrons. The monoisotopic (exact) mass is 331 g/mol. The molecule has 1 fully saturated rings. The van der Waals surface area contributed by atoms with Crippen molar-refractivity contribution in [2.75, 3.05) is 12.3 Å². The summed E-state index contributed by atoms with van der Waals surface area (Å²) in [6.45, 7) is 4.73. The van der Waals surface area contributed by atoms with Gasteiger partial charge in [0.2, 0.25) is 0 Å². The first-order valence-electron chi connectivity index (χ1n) is 7.15. The van der Waals surface area contributed by atoms with E-state index >= 15 is 0 Å². The minimum absolute atomic E-state index is 0.110. The SMILES string of the molecule is CC(C)C(=O)OCC1(C)CC(F)C(n2cc(F)c(N)nc2=O)O1. The van der Waals surface area contributed by atoms with Crippen LogP contribution in [0.5, 0.6) is 0 Å². The first-order chi connectivity index (χ1) is 10.6. The maximum absolute atomic E-state index is 14.3. The van der Waals surface area contributed by atoms with Crippen molar-refractivity contribution in [1.29, 1.82) is 0 Å². The number of aromatic nitrogens is 2. The summed E-state index contributed by atoms with van der Waals surface area (Å²) in [5, 5.41) is 0. The molecule has 0 aliphatic carbocycles. The average molecular weight is 331 g/mol. The molecule has 128 valence electrons. The van der Waals surface area contributed by atoms with Crippen molar-refractivity contribution < 1.29 is 23.0 Å². The maximum atomic E-state index is 14.3. The molecule has 0 spiro atoms. The van der Waals surface area contributed by atoms with Crippen LogP contribution in [0.3, 0.4) is 0 Å². The molecule has 1 aromatic heterocycles. The number of esters is 1. The Kier molecular flexibility index (Phi) is 4.69. The fourth-order valence-corrected chi connectivity index (χ4v) is 2.28. The van der Waals surface area contributed by atoms with Crippen molar-refractivity contribution in [3.63, 3.8) is 0 Å². The number of anilines is 1. The van der Waals surface area contributed by atoms with Gasteiger partial charge >= 0.3 is 11.7 Å². The normalized spacial score (nSPS) is 27.4. The topological polar surface area (TPSA) is 96.4 Å². The van der Waals surface area contributed by atoms with Crippen LogP contribution in [0.2, 0.25) is 0 Å². The zero-order chi connectivity index (χ0) is 17.4. The molecule has 0 aromatic carbocycles. The van der Waals surface area contributed by atoms with Gasteiger partial charge < -0.3 is 15.2 Å². The number of nitrogen functional groups attached to an aromatic ring is 1. The summed E-state index contributed by atoms with van der Waals surface area (Å²) in [6.07, 6.45) is -2.29. The molecule has 0 bridgehead atoms. The lowest BCUT2D eigenvalue weighted by Crippen LogP contribution is -2.35. The first kappa shape index (κ1) is 17.3. The van der Waals surface area contributed by atoms with E-state index < -0.39 is 41.3 Å². The van der Waals surface area contributed by atoms with Crippen LogP contribution in [0.1, 0.15) is 33.4 Å². The quantitative estimate of drug-likeness (QED) is 0.832. The molecule has 2 heterocycles. The molecule has 1 aliphatic rings. The number of nitrogens with zero attached hydrogens (tertiary/aromatic N) is 2. The zero-order valence-corrected chi connectivity index (χ0v) is 13.1. The van der Waals surface area contributed by atoms with Crippen molar-refractivity contribution in [2.45, 2.75) is 45.2 Å². The molecule has 3 atom stereocenters. The number of carbonyl (C=O) groups excluding carboxylic acids is 1. The van der Waals surface area contributed by atoms with Crippen molar-refractivity contribution in [3.05, 3.63) is 22.5 Å².